The highest BCUT2D eigenvalue weighted by Crippen LogP contribution is 2.26. The van der Waals surface area contributed by atoms with Crippen LogP contribution in [-0.2, 0) is 14.3 Å². The largest absolute Gasteiger partial charge is 0.347 e. The van der Waals surface area contributed by atoms with E-state index in [1.807, 2.05) is 26.0 Å². The molecule has 0 bridgehead atoms. The van der Waals surface area contributed by atoms with E-state index in [2.05, 4.69) is 12.2 Å². The number of amides is 1. The first kappa shape index (κ1) is 19.0. The fourth-order valence-corrected chi connectivity index (χ4v) is 2.12. The molecule has 21 heavy (non-hydrogen) atoms. The van der Waals surface area contributed by atoms with Gasteiger partial charge in [-0.3, -0.25) is 4.79 Å². The SMILES string of the molecule is CCCC[C@H](/C=C/[C@H]1COC(C)(C)O1)NC(=O)C(Cl)(Cl)Cl. The number of hydrogen-bond acceptors (Lipinski definition) is 3. The maximum Gasteiger partial charge on any atom is 0.272 e. The summed E-state index contributed by atoms with van der Waals surface area (Å²) in [4.78, 5) is 11.7. The molecule has 0 aromatic rings. The van der Waals surface area contributed by atoms with Gasteiger partial charge in [-0.05, 0) is 20.3 Å². The average Bonchev–Trinajstić information content (AvgIpc) is 2.71. The molecule has 122 valence electrons. The van der Waals surface area contributed by atoms with E-state index >= 15 is 0 Å². The highest BCUT2D eigenvalue weighted by Gasteiger charge is 2.33. The van der Waals surface area contributed by atoms with Gasteiger partial charge < -0.3 is 14.8 Å². The number of carbonyl (C=O) groups is 1. The van der Waals surface area contributed by atoms with Gasteiger partial charge in [0.1, 0.15) is 6.10 Å². The molecule has 1 aliphatic heterocycles. The molecule has 0 radical (unpaired) electrons. The molecule has 7 heteroatoms. The summed E-state index contributed by atoms with van der Waals surface area (Å²) in [7, 11) is 0. The second kappa shape index (κ2) is 8.02. The van der Waals surface area contributed by atoms with Gasteiger partial charge in [-0.2, -0.15) is 0 Å². The lowest BCUT2D eigenvalue weighted by Gasteiger charge is -2.19. The van der Waals surface area contributed by atoms with E-state index in [0.29, 0.717) is 6.61 Å². The normalized spacial score (nSPS) is 23.4. The number of nitrogens with one attached hydrogen (secondary N) is 1. The van der Waals surface area contributed by atoms with Crippen LogP contribution in [0.1, 0.15) is 40.0 Å². The zero-order valence-corrected chi connectivity index (χ0v) is 14.8. The monoisotopic (exact) mass is 357 g/mol. The quantitative estimate of drug-likeness (QED) is 0.581. The number of ether oxygens (including phenoxy) is 2. The van der Waals surface area contributed by atoms with Crippen molar-refractivity contribution in [3.05, 3.63) is 12.2 Å². The molecule has 0 saturated carbocycles. The van der Waals surface area contributed by atoms with Crippen LogP contribution >= 0.6 is 34.8 Å². The molecule has 1 N–H and O–H groups in total. The molecule has 1 aliphatic rings. The van der Waals surface area contributed by atoms with E-state index in [-0.39, 0.29) is 12.1 Å². The number of hydrogen-bond donors (Lipinski definition) is 1. The van der Waals surface area contributed by atoms with E-state index in [0.717, 1.165) is 19.3 Å². The van der Waals surface area contributed by atoms with Gasteiger partial charge in [0.15, 0.2) is 5.79 Å². The van der Waals surface area contributed by atoms with Gasteiger partial charge in [-0.1, -0.05) is 66.7 Å². The van der Waals surface area contributed by atoms with Crippen molar-refractivity contribution in [3.63, 3.8) is 0 Å². The van der Waals surface area contributed by atoms with Crippen molar-refractivity contribution in [1.29, 1.82) is 0 Å². The lowest BCUT2D eigenvalue weighted by atomic mass is 10.1. The van der Waals surface area contributed by atoms with Crippen LogP contribution in [0, 0.1) is 0 Å². The summed E-state index contributed by atoms with van der Waals surface area (Å²) in [5.41, 5.74) is 0. The number of halogens is 3. The predicted molar refractivity (Wildman–Crippen MR) is 85.8 cm³/mol. The third-order valence-electron chi connectivity index (χ3n) is 3.03. The minimum atomic E-state index is -1.95. The molecule has 2 atom stereocenters. The summed E-state index contributed by atoms with van der Waals surface area (Å²) in [5.74, 6) is -1.20. The van der Waals surface area contributed by atoms with Crippen molar-refractivity contribution < 1.29 is 14.3 Å². The molecule has 1 amide bonds. The van der Waals surface area contributed by atoms with Crippen LogP contribution in [0.15, 0.2) is 12.2 Å². The molecule has 0 spiro atoms. The Morgan fingerprint density at radius 2 is 2.14 bits per heavy atom. The van der Waals surface area contributed by atoms with Crippen LogP contribution in [0.5, 0.6) is 0 Å². The second-order valence-corrected chi connectivity index (χ2v) is 7.75. The van der Waals surface area contributed by atoms with Crippen LogP contribution in [0.3, 0.4) is 0 Å². The standard InChI is InChI=1S/C14H22Cl3NO3/c1-4-5-6-10(18-12(19)14(15,16)17)7-8-11-9-20-13(2,3)21-11/h7-8,10-11H,4-6,9H2,1-3H3,(H,18,19)/b8-7+/t10-,11+/m1/s1. The smallest absolute Gasteiger partial charge is 0.272 e. The summed E-state index contributed by atoms with van der Waals surface area (Å²) < 4.78 is 9.20. The Kier molecular flexibility index (Phi) is 7.28. The Bertz CT molecular complexity index is 380. The summed E-state index contributed by atoms with van der Waals surface area (Å²) in [6.45, 7) is 6.29. The molecule has 1 fully saturated rings. The fourth-order valence-electron chi connectivity index (χ4n) is 1.96. The second-order valence-electron chi connectivity index (χ2n) is 5.47. The van der Waals surface area contributed by atoms with Gasteiger partial charge in [-0.25, -0.2) is 0 Å². The summed E-state index contributed by atoms with van der Waals surface area (Å²) in [5, 5.41) is 2.72. The number of unbranched alkanes of at least 4 members (excludes halogenated alkanes) is 1. The number of rotatable bonds is 6. The highest BCUT2D eigenvalue weighted by molar-refractivity contribution is 6.76. The van der Waals surface area contributed by atoms with Crippen LogP contribution < -0.4 is 5.32 Å². The van der Waals surface area contributed by atoms with Crippen molar-refractivity contribution in [3.8, 4) is 0 Å². The van der Waals surface area contributed by atoms with E-state index < -0.39 is 15.5 Å². The minimum absolute atomic E-state index is 0.131. The Hall–Kier alpha value is -0.000000000000000111. The maximum atomic E-state index is 11.7. The first-order valence-electron chi connectivity index (χ1n) is 7.02. The molecule has 0 unspecified atom stereocenters. The third kappa shape index (κ3) is 7.20. The summed E-state index contributed by atoms with van der Waals surface area (Å²) >= 11 is 16.7. The highest BCUT2D eigenvalue weighted by atomic mass is 35.6. The van der Waals surface area contributed by atoms with E-state index in [9.17, 15) is 4.79 Å². The minimum Gasteiger partial charge on any atom is -0.347 e. The van der Waals surface area contributed by atoms with Crippen LogP contribution in [0.25, 0.3) is 0 Å². The van der Waals surface area contributed by atoms with E-state index in [1.54, 1.807) is 0 Å². The summed E-state index contributed by atoms with van der Waals surface area (Å²) in [6.07, 6.45) is 6.38. The Morgan fingerprint density at radius 1 is 1.48 bits per heavy atom. The molecule has 0 aliphatic carbocycles. The van der Waals surface area contributed by atoms with Gasteiger partial charge in [0.2, 0.25) is 0 Å². The van der Waals surface area contributed by atoms with E-state index in [4.69, 9.17) is 44.3 Å². The lowest BCUT2D eigenvalue weighted by molar-refractivity contribution is -0.133. The number of alkyl halides is 3. The van der Waals surface area contributed by atoms with Crippen LogP contribution in [0.2, 0.25) is 0 Å². The fraction of sp³-hybridized carbons (Fsp3) is 0.786. The lowest BCUT2D eigenvalue weighted by Crippen LogP contribution is -2.41. The molecule has 1 saturated heterocycles. The van der Waals surface area contributed by atoms with Gasteiger partial charge in [0, 0.05) is 6.04 Å². The maximum absolute atomic E-state index is 11.7. The molecule has 0 aromatic carbocycles. The van der Waals surface area contributed by atoms with Crippen molar-refractivity contribution in [1.82, 2.24) is 5.32 Å². The van der Waals surface area contributed by atoms with Gasteiger partial charge in [0.25, 0.3) is 9.70 Å². The molecule has 1 heterocycles. The van der Waals surface area contributed by atoms with Gasteiger partial charge in [-0.15, -0.1) is 0 Å². The van der Waals surface area contributed by atoms with Crippen molar-refractivity contribution >= 4 is 40.7 Å². The molecule has 1 rings (SSSR count). The first-order chi connectivity index (χ1) is 9.64. The third-order valence-corrected chi connectivity index (χ3v) is 3.55. The van der Waals surface area contributed by atoms with Crippen LogP contribution in [0.4, 0.5) is 0 Å². The Morgan fingerprint density at radius 3 is 2.62 bits per heavy atom. The van der Waals surface area contributed by atoms with Crippen molar-refractivity contribution in [2.45, 2.75) is 61.8 Å². The predicted octanol–water partition coefficient (Wildman–Crippen LogP) is 3.74. The number of carbonyl (C=O) groups excluding carboxylic acids is 1. The first-order valence-corrected chi connectivity index (χ1v) is 8.15. The van der Waals surface area contributed by atoms with Crippen molar-refractivity contribution in [2.24, 2.45) is 0 Å². The molecule has 0 aromatic heterocycles. The Labute approximate surface area is 141 Å². The molecule has 4 nitrogen and oxygen atoms in total. The van der Waals surface area contributed by atoms with E-state index in [1.165, 1.54) is 0 Å². The topological polar surface area (TPSA) is 47.6 Å². The Balaban J connectivity index is 2.59. The average molecular weight is 359 g/mol. The molecular weight excluding hydrogens is 337 g/mol. The van der Waals surface area contributed by atoms with Gasteiger partial charge in [0.05, 0.1) is 6.61 Å². The van der Waals surface area contributed by atoms with Crippen LogP contribution in [-0.4, -0.2) is 34.2 Å². The van der Waals surface area contributed by atoms with Gasteiger partial charge >= 0.3 is 0 Å². The summed E-state index contributed by atoms with van der Waals surface area (Å²) in [6, 6.07) is -0.194. The zero-order chi connectivity index (χ0) is 16.1. The van der Waals surface area contributed by atoms with Crippen molar-refractivity contribution in [2.75, 3.05) is 6.61 Å². The zero-order valence-electron chi connectivity index (χ0n) is 12.5. The molecular formula is C14H22Cl3NO3.